The lowest BCUT2D eigenvalue weighted by Crippen LogP contribution is -2.52. The molecule has 1 aromatic rings. The number of nitrogens with one attached hydrogen (secondary N) is 1. The first-order valence-electron chi connectivity index (χ1n) is 7.35. The van der Waals surface area contributed by atoms with Gasteiger partial charge in [-0.2, -0.15) is 17.0 Å². The van der Waals surface area contributed by atoms with Crippen LogP contribution in [0.5, 0.6) is 0 Å². The number of carbonyl (C=O) groups is 1. The highest BCUT2D eigenvalue weighted by atomic mass is 35.5. The van der Waals surface area contributed by atoms with E-state index in [4.69, 9.17) is 23.2 Å². The normalized spacial score (nSPS) is 17.2. The van der Waals surface area contributed by atoms with Gasteiger partial charge in [0, 0.05) is 40.3 Å². The number of anilines is 1. The van der Waals surface area contributed by atoms with Crippen molar-refractivity contribution in [3.8, 4) is 0 Å². The number of halogens is 2. The van der Waals surface area contributed by atoms with Crippen molar-refractivity contribution in [1.29, 1.82) is 0 Å². The van der Waals surface area contributed by atoms with E-state index in [1.807, 2.05) is 4.90 Å². The molecular formula is C14H20Cl2N4O3S. The first-order valence-corrected chi connectivity index (χ1v) is 9.51. The smallest absolute Gasteiger partial charge is 0.281 e. The Bertz CT molecular complexity index is 684. The van der Waals surface area contributed by atoms with Gasteiger partial charge in [0.2, 0.25) is 5.91 Å². The molecule has 2 rings (SSSR count). The zero-order valence-electron chi connectivity index (χ0n) is 13.5. The Kier molecular flexibility index (Phi) is 6.46. The van der Waals surface area contributed by atoms with Gasteiger partial charge in [-0.05, 0) is 12.1 Å². The number of hydrogen-bond donors (Lipinski definition) is 1. The molecular weight excluding hydrogens is 375 g/mol. The van der Waals surface area contributed by atoms with Crippen molar-refractivity contribution in [2.45, 2.75) is 0 Å². The molecule has 0 aromatic heterocycles. The van der Waals surface area contributed by atoms with Gasteiger partial charge in [-0.15, -0.1) is 0 Å². The van der Waals surface area contributed by atoms with Gasteiger partial charge in [0.05, 0.1) is 22.3 Å². The van der Waals surface area contributed by atoms with E-state index >= 15 is 0 Å². The largest absolute Gasteiger partial charge is 0.322 e. The molecule has 1 fully saturated rings. The van der Waals surface area contributed by atoms with Gasteiger partial charge in [0.15, 0.2) is 0 Å². The zero-order chi connectivity index (χ0) is 17.9. The second-order valence-corrected chi connectivity index (χ2v) is 8.57. The lowest BCUT2D eigenvalue weighted by atomic mass is 10.3. The van der Waals surface area contributed by atoms with Gasteiger partial charge < -0.3 is 5.32 Å². The van der Waals surface area contributed by atoms with E-state index in [0.29, 0.717) is 41.9 Å². The summed E-state index contributed by atoms with van der Waals surface area (Å²) >= 11 is 12.0. The maximum absolute atomic E-state index is 12.2. The van der Waals surface area contributed by atoms with Gasteiger partial charge in [-0.25, -0.2) is 0 Å². The van der Waals surface area contributed by atoms with Gasteiger partial charge in [0.25, 0.3) is 10.2 Å². The summed E-state index contributed by atoms with van der Waals surface area (Å²) in [6.07, 6.45) is 0. The van der Waals surface area contributed by atoms with Crippen molar-refractivity contribution in [2.24, 2.45) is 0 Å². The van der Waals surface area contributed by atoms with Gasteiger partial charge in [-0.3, -0.25) is 9.69 Å². The molecule has 0 aliphatic carbocycles. The number of piperazine rings is 1. The summed E-state index contributed by atoms with van der Waals surface area (Å²) in [5, 5.41) is 3.45. The predicted octanol–water partition coefficient (Wildman–Crippen LogP) is 1.36. The summed E-state index contributed by atoms with van der Waals surface area (Å²) in [6, 6.07) is 4.99. The van der Waals surface area contributed by atoms with Crippen LogP contribution in [-0.2, 0) is 15.0 Å². The van der Waals surface area contributed by atoms with E-state index in [-0.39, 0.29) is 12.5 Å². The van der Waals surface area contributed by atoms with Gasteiger partial charge in [-0.1, -0.05) is 29.3 Å². The Morgan fingerprint density at radius 3 is 2.21 bits per heavy atom. The van der Waals surface area contributed by atoms with E-state index in [1.165, 1.54) is 22.7 Å². The highest BCUT2D eigenvalue weighted by Gasteiger charge is 2.29. The second kappa shape index (κ2) is 7.99. The molecule has 10 heteroatoms. The molecule has 1 aliphatic rings. The average molecular weight is 395 g/mol. The maximum atomic E-state index is 12.2. The molecule has 1 aliphatic heterocycles. The van der Waals surface area contributed by atoms with Crippen molar-refractivity contribution in [1.82, 2.24) is 13.5 Å². The molecule has 0 saturated carbocycles. The molecule has 1 aromatic carbocycles. The van der Waals surface area contributed by atoms with E-state index in [0.717, 1.165) is 0 Å². The fraction of sp³-hybridized carbons (Fsp3) is 0.500. The molecule has 134 valence electrons. The first kappa shape index (κ1) is 19.4. The van der Waals surface area contributed by atoms with E-state index in [9.17, 15) is 13.2 Å². The van der Waals surface area contributed by atoms with E-state index in [1.54, 1.807) is 18.2 Å². The third-order valence-corrected chi connectivity index (χ3v) is 6.28. The Labute approximate surface area is 152 Å². The molecule has 0 spiro atoms. The number of hydrogen-bond acceptors (Lipinski definition) is 4. The minimum atomic E-state index is -3.41. The number of nitrogens with zero attached hydrogens (tertiary/aromatic N) is 3. The lowest BCUT2D eigenvalue weighted by Gasteiger charge is -2.34. The highest BCUT2D eigenvalue weighted by molar-refractivity contribution is 7.86. The van der Waals surface area contributed by atoms with Crippen LogP contribution in [-0.4, -0.2) is 74.7 Å². The third-order valence-electron chi connectivity index (χ3n) is 3.71. The molecule has 0 atom stereocenters. The Morgan fingerprint density at radius 2 is 1.71 bits per heavy atom. The molecule has 24 heavy (non-hydrogen) atoms. The highest BCUT2D eigenvalue weighted by Crippen LogP contribution is 2.29. The van der Waals surface area contributed by atoms with Crippen molar-refractivity contribution in [3.05, 3.63) is 28.2 Å². The monoisotopic (exact) mass is 394 g/mol. The zero-order valence-corrected chi connectivity index (χ0v) is 15.8. The van der Waals surface area contributed by atoms with Crippen LogP contribution in [0.3, 0.4) is 0 Å². The molecule has 0 unspecified atom stereocenters. The van der Waals surface area contributed by atoms with Crippen molar-refractivity contribution in [2.75, 3.05) is 52.1 Å². The van der Waals surface area contributed by atoms with Crippen LogP contribution in [0.2, 0.25) is 10.0 Å². The van der Waals surface area contributed by atoms with Crippen LogP contribution < -0.4 is 5.32 Å². The number of rotatable bonds is 5. The van der Waals surface area contributed by atoms with E-state index in [2.05, 4.69) is 5.32 Å². The van der Waals surface area contributed by atoms with Crippen LogP contribution in [0, 0.1) is 0 Å². The summed E-state index contributed by atoms with van der Waals surface area (Å²) in [5.74, 6) is -0.242. The van der Waals surface area contributed by atoms with Crippen LogP contribution in [0.4, 0.5) is 5.69 Å². The van der Waals surface area contributed by atoms with E-state index < -0.39 is 10.2 Å². The Balaban J connectivity index is 1.89. The number of carbonyl (C=O) groups excluding carboxylic acids is 1. The minimum absolute atomic E-state index is 0.150. The quantitative estimate of drug-likeness (QED) is 0.817. The number of para-hydroxylation sites is 1. The molecule has 1 heterocycles. The summed E-state index contributed by atoms with van der Waals surface area (Å²) < 4.78 is 26.7. The first-order chi connectivity index (χ1) is 11.2. The fourth-order valence-electron chi connectivity index (χ4n) is 2.35. The molecule has 1 N–H and O–H groups in total. The lowest BCUT2D eigenvalue weighted by molar-refractivity contribution is -0.117. The second-order valence-electron chi connectivity index (χ2n) is 5.61. The van der Waals surface area contributed by atoms with Crippen molar-refractivity contribution in [3.63, 3.8) is 0 Å². The standard InChI is InChI=1S/C14H20Cl2N4O3S/c1-18(2)24(22,23)20-8-6-19(7-9-20)10-13(21)17-14-11(15)4-3-5-12(14)16/h3-5H,6-10H2,1-2H3,(H,17,21). The SMILES string of the molecule is CN(C)S(=O)(=O)N1CCN(CC(=O)Nc2c(Cl)cccc2Cl)CC1. The minimum Gasteiger partial charge on any atom is -0.322 e. The van der Waals surface area contributed by atoms with Gasteiger partial charge >= 0.3 is 0 Å². The fourth-order valence-corrected chi connectivity index (χ4v) is 3.93. The Hall–Kier alpha value is -0.900. The van der Waals surface area contributed by atoms with Crippen LogP contribution >= 0.6 is 23.2 Å². The van der Waals surface area contributed by atoms with Crippen molar-refractivity contribution < 1.29 is 13.2 Å². The third kappa shape index (κ3) is 4.59. The molecule has 7 nitrogen and oxygen atoms in total. The Morgan fingerprint density at radius 1 is 1.17 bits per heavy atom. The average Bonchev–Trinajstić information content (AvgIpc) is 2.51. The number of benzene rings is 1. The summed E-state index contributed by atoms with van der Waals surface area (Å²) in [4.78, 5) is 14.1. The summed E-state index contributed by atoms with van der Waals surface area (Å²) in [5.41, 5.74) is 0.389. The topological polar surface area (TPSA) is 73.0 Å². The maximum Gasteiger partial charge on any atom is 0.281 e. The van der Waals surface area contributed by atoms with Crippen LogP contribution in [0.1, 0.15) is 0 Å². The van der Waals surface area contributed by atoms with Gasteiger partial charge in [0.1, 0.15) is 0 Å². The van der Waals surface area contributed by atoms with Crippen molar-refractivity contribution >= 4 is 45.0 Å². The van der Waals surface area contributed by atoms with Crippen LogP contribution in [0.15, 0.2) is 18.2 Å². The molecule has 0 radical (unpaired) electrons. The summed E-state index contributed by atoms with van der Waals surface area (Å²) in [7, 11) is -0.402. The summed E-state index contributed by atoms with van der Waals surface area (Å²) in [6.45, 7) is 1.81. The van der Waals surface area contributed by atoms with Crippen LogP contribution in [0.25, 0.3) is 0 Å². The molecule has 1 saturated heterocycles. The molecule has 0 bridgehead atoms. The number of amides is 1. The predicted molar refractivity (Wildman–Crippen MR) is 95.7 cm³/mol. The molecule has 1 amide bonds.